The van der Waals surface area contributed by atoms with Crippen molar-refractivity contribution in [2.75, 3.05) is 0 Å². The number of ether oxygens (including phenoxy) is 1. The molecule has 4 nitrogen and oxygen atoms in total. The van der Waals surface area contributed by atoms with Crippen molar-refractivity contribution in [1.29, 1.82) is 0 Å². The van der Waals surface area contributed by atoms with Crippen LogP contribution in [0.5, 0.6) is 5.75 Å². The fourth-order valence-corrected chi connectivity index (χ4v) is 1.47. The monoisotopic (exact) mass is 237 g/mol. The van der Waals surface area contributed by atoms with Crippen molar-refractivity contribution in [3.63, 3.8) is 0 Å². The molecule has 0 fully saturated rings. The van der Waals surface area contributed by atoms with E-state index in [0.717, 1.165) is 12.1 Å². The third-order valence-electron chi connectivity index (χ3n) is 2.13. The summed E-state index contributed by atoms with van der Waals surface area (Å²) in [6.45, 7) is 3.34. The van der Waals surface area contributed by atoms with Gasteiger partial charge in [-0.3, -0.25) is 4.68 Å². The second-order valence-corrected chi connectivity index (χ2v) is 3.64. The highest BCUT2D eigenvalue weighted by molar-refractivity contribution is 6.30. The highest BCUT2D eigenvalue weighted by Crippen LogP contribution is 2.21. The summed E-state index contributed by atoms with van der Waals surface area (Å²) in [6.07, 6.45) is 5.36. The van der Waals surface area contributed by atoms with Crippen LogP contribution in [0.1, 0.15) is 12.5 Å². The Hall–Kier alpha value is -1.55. The summed E-state index contributed by atoms with van der Waals surface area (Å²) in [4.78, 5) is 3.93. The van der Waals surface area contributed by atoms with Crippen molar-refractivity contribution in [2.45, 2.75) is 20.1 Å². The molecule has 0 amide bonds. The lowest BCUT2D eigenvalue weighted by Crippen LogP contribution is -1.96. The fourth-order valence-electron chi connectivity index (χ4n) is 1.29. The molecule has 5 heteroatoms. The normalized spacial score (nSPS) is 10.4. The van der Waals surface area contributed by atoms with E-state index in [1.54, 1.807) is 24.5 Å². The van der Waals surface area contributed by atoms with Gasteiger partial charge in [-0.15, -0.1) is 0 Å². The molecular weight excluding hydrogens is 226 g/mol. The molecule has 0 bridgehead atoms. The van der Waals surface area contributed by atoms with E-state index in [9.17, 15) is 0 Å². The quantitative estimate of drug-likeness (QED) is 0.768. The number of rotatable bonds is 4. The predicted molar refractivity (Wildman–Crippen MR) is 61.5 cm³/mol. The highest BCUT2D eigenvalue weighted by Gasteiger charge is 2.03. The van der Waals surface area contributed by atoms with E-state index in [1.165, 1.54) is 0 Å². The van der Waals surface area contributed by atoms with Gasteiger partial charge in [0.2, 0.25) is 0 Å². The third kappa shape index (κ3) is 2.52. The van der Waals surface area contributed by atoms with Gasteiger partial charge >= 0.3 is 0 Å². The first kappa shape index (κ1) is 11.0. The third-order valence-corrected chi connectivity index (χ3v) is 2.41. The summed E-state index contributed by atoms with van der Waals surface area (Å²) in [5, 5.41) is 4.54. The summed E-state index contributed by atoms with van der Waals surface area (Å²) < 4.78 is 7.38. The Morgan fingerprint density at radius 2 is 2.38 bits per heavy atom. The van der Waals surface area contributed by atoms with Crippen LogP contribution in [-0.4, -0.2) is 14.8 Å². The molecule has 0 atom stereocenters. The molecule has 0 aliphatic rings. The Balaban J connectivity index is 1.99. The van der Waals surface area contributed by atoms with Gasteiger partial charge in [0.1, 0.15) is 6.61 Å². The number of halogens is 1. The second-order valence-electron chi connectivity index (χ2n) is 3.29. The van der Waals surface area contributed by atoms with E-state index in [4.69, 9.17) is 16.3 Å². The van der Waals surface area contributed by atoms with Gasteiger partial charge in [0.25, 0.3) is 0 Å². The van der Waals surface area contributed by atoms with E-state index in [0.29, 0.717) is 17.5 Å². The maximum Gasteiger partial charge on any atom is 0.171 e. The molecular formula is C11H12ClN3O. The van der Waals surface area contributed by atoms with E-state index < -0.39 is 0 Å². The van der Waals surface area contributed by atoms with Crippen molar-refractivity contribution >= 4 is 11.6 Å². The number of nitrogens with zero attached hydrogens (tertiary/aromatic N) is 3. The molecule has 0 N–H and O–H groups in total. The average Bonchev–Trinajstić information content (AvgIpc) is 2.76. The lowest BCUT2D eigenvalue weighted by molar-refractivity contribution is 0.305. The molecule has 0 aliphatic carbocycles. The topological polar surface area (TPSA) is 39.9 Å². The molecule has 16 heavy (non-hydrogen) atoms. The molecule has 84 valence electrons. The zero-order valence-corrected chi connectivity index (χ0v) is 9.68. The maximum atomic E-state index is 5.87. The molecule has 0 aliphatic heterocycles. The summed E-state index contributed by atoms with van der Waals surface area (Å²) in [6, 6.07) is 3.58. The minimum Gasteiger partial charge on any atom is -0.486 e. The highest BCUT2D eigenvalue weighted by atomic mass is 35.5. The van der Waals surface area contributed by atoms with Gasteiger partial charge in [0.05, 0.1) is 6.20 Å². The van der Waals surface area contributed by atoms with Crippen molar-refractivity contribution < 1.29 is 4.74 Å². The fraction of sp³-hybridized carbons (Fsp3) is 0.273. The van der Waals surface area contributed by atoms with Crippen LogP contribution < -0.4 is 4.74 Å². The number of aryl methyl sites for hydroxylation is 1. The first-order valence-corrected chi connectivity index (χ1v) is 5.42. The van der Waals surface area contributed by atoms with Crippen molar-refractivity contribution in [3.8, 4) is 5.75 Å². The summed E-state index contributed by atoms with van der Waals surface area (Å²) in [5.74, 6) is 0.591. The molecule has 0 unspecified atom stereocenters. The van der Waals surface area contributed by atoms with Crippen LogP contribution in [0, 0.1) is 0 Å². The number of hydrogen-bond acceptors (Lipinski definition) is 3. The molecule has 2 rings (SSSR count). The number of aromatic nitrogens is 3. The molecule has 2 heterocycles. The molecule has 0 spiro atoms. The van der Waals surface area contributed by atoms with Crippen LogP contribution >= 0.6 is 11.6 Å². The Morgan fingerprint density at radius 1 is 1.50 bits per heavy atom. The van der Waals surface area contributed by atoms with Crippen molar-refractivity contribution in [3.05, 3.63) is 41.4 Å². The minimum atomic E-state index is 0.380. The molecule has 0 aromatic carbocycles. The minimum absolute atomic E-state index is 0.380. The number of hydrogen-bond donors (Lipinski definition) is 0. The Kier molecular flexibility index (Phi) is 3.41. The molecule has 0 saturated heterocycles. The zero-order chi connectivity index (χ0) is 11.4. The van der Waals surface area contributed by atoms with Gasteiger partial charge in [-0.05, 0) is 19.1 Å². The predicted octanol–water partition coefficient (Wildman–Crippen LogP) is 2.53. The van der Waals surface area contributed by atoms with Gasteiger partial charge in [-0.25, -0.2) is 4.98 Å². The number of pyridine rings is 1. The van der Waals surface area contributed by atoms with E-state index in [-0.39, 0.29) is 0 Å². The first-order chi connectivity index (χ1) is 7.79. The molecule has 2 aromatic rings. The molecule has 0 radical (unpaired) electrons. The summed E-state index contributed by atoms with van der Waals surface area (Å²) >= 11 is 5.87. The lowest BCUT2D eigenvalue weighted by atomic mass is 10.4. The van der Waals surface area contributed by atoms with Gasteiger partial charge in [0, 0.05) is 24.5 Å². The molecule has 0 saturated carbocycles. The van der Waals surface area contributed by atoms with Crippen molar-refractivity contribution in [1.82, 2.24) is 14.8 Å². The van der Waals surface area contributed by atoms with Gasteiger partial charge in [-0.2, -0.15) is 5.10 Å². The van der Waals surface area contributed by atoms with Gasteiger partial charge in [0.15, 0.2) is 10.9 Å². The zero-order valence-electron chi connectivity index (χ0n) is 8.93. The van der Waals surface area contributed by atoms with Crippen LogP contribution in [-0.2, 0) is 13.2 Å². The van der Waals surface area contributed by atoms with E-state index >= 15 is 0 Å². The second kappa shape index (κ2) is 4.99. The smallest absolute Gasteiger partial charge is 0.171 e. The van der Waals surface area contributed by atoms with Crippen LogP contribution in [0.3, 0.4) is 0 Å². The van der Waals surface area contributed by atoms with Crippen LogP contribution in [0.4, 0.5) is 0 Å². The average molecular weight is 238 g/mol. The van der Waals surface area contributed by atoms with Crippen LogP contribution in [0.2, 0.25) is 5.15 Å². The van der Waals surface area contributed by atoms with E-state index in [1.807, 2.05) is 17.8 Å². The van der Waals surface area contributed by atoms with Crippen LogP contribution in [0.25, 0.3) is 0 Å². The van der Waals surface area contributed by atoms with Gasteiger partial charge < -0.3 is 4.74 Å². The van der Waals surface area contributed by atoms with Crippen molar-refractivity contribution in [2.24, 2.45) is 0 Å². The standard InChI is InChI=1S/C11H12ClN3O/c1-2-15-7-9(6-14-15)8-16-10-4-3-5-13-11(10)12/h3-7H,2,8H2,1H3. The van der Waals surface area contributed by atoms with E-state index in [2.05, 4.69) is 10.1 Å². The summed E-state index contributed by atoms with van der Waals surface area (Å²) in [5.41, 5.74) is 1.02. The SMILES string of the molecule is CCn1cc(COc2cccnc2Cl)cn1. The first-order valence-electron chi connectivity index (χ1n) is 5.04. The Morgan fingerprint density at radius 3 is 3.06 bits per heavy atom. The summed E-state index contributed by atoms with van der Waals surface area (Å²) in [7, 11) is 0. The Labute approximate surface area is 98.8 Å². The van der Waals surface area contributed by atoms with Crippen LogP contribution in [0.15, 0.2) is 30.7 Å². The van der Waals surface area contributed by atoms with Gasteiger partial charge in [-0.1, -0.05) is 11.6 Å². The Bertz CT molecular complexity index is 470. The molecule has 2 aromatic heterocycles. The maximum absolute atomic E-state index is 5.87. The lowest BCUT2D eigenvalue weighted by Gasteiger charge is -2.04. The largest absolute Gasteiger partial charge is 0.486 e.